The van der Waals surface area contributed by atoms with Crippen molar-refractivity contribution in [3.8, 4) is 10.8 Å². The van der Waals surface area contributed by atoms with Gasteiger partial charge in [-0.25, -0.2) is 4.79 Å². The van der Waals surface area contributed by atoms with Crippen LogP contribution in [-0.4, -0.2) is 36.2 Å². The predicted octanol–water partition coefficient (Wildman–Crippen LogP) is 5.12. The summed E-state index contributed by atoms with van der Waals surface area (Å²) in [5.74, 6) is 0.651. The summed E-state index contributed by atoms with van der Waals surface area (Å²) in [6, 6.07) is 9.55. The Balaban J connectivity index is 1.63. The number of hydrogen-bond acceptors (Lipinski definition) is 4. The van der Waals surface area contributed by atoms with Crippen molar-refractivity contribution in [2.24, 2.45) is 0 Å². The number of ether oxygens (including phenoxy) is 1. The van der Waals surface area contributed by atoms with Gasteiger partial charge >= 0.3 is 6.03 Å². The fourth-order valence-electron chi connectivity index (χ4n) is 4.18. The highest BCUT2D eigenvalue weighted by atomic mass is 32.1. The number of aromatic nitrogens is 1. The monoisotopic (exact) mass is 438 g/mol. The first-order chi connectivity index (χ1) is 15.0. The quantitative estimate of drug-likeness (QED) is 0.562. The van der Waals surface area contributed by atoms with Crippen LogP contribution in [0.3, 0.4) is 0 Å². The van der Waals surface area contributed by atoms with Gasteiger partial charge in [-0.3, -0.25) is 0 Å². The summed E-state index contributed by atoms with van der Waals surface area (Å²) >= 11 is 1.84. The van der Waals surface area contributed by atoms with Crippen molar-refractivity contribution in [2.75, 3.05) is 26.0 Å². The molecule has 2 N–H and O–H groups in total. The molecule has 0 spiro atoms. The predicted molar refractivity (Wildman–Crippen MR) is 127 cm³/mol. The summed E-state index contributed by atoms with van der Waals surface area (Å²) in [4.78, 5) is 16.7. The van der Waals surface area contributed by atoms with E-state index in [0.29, 0.717) is 11.4 Å². The lowest BCUT2D eigenvalue weighted by molar-refractivity contribution is 0.248. The average molecular weight is 439 g/mol. The number of aryl methyl sites for hydroxylation is 1. The first-order valence-electron chi connectivity index (χ1n) is 10.7. The Kier molecular flexibility index (Phi) is 6.34. The summed E-state index contributed by atoms with van der Waals surface area (Å²) in [5, 5.41) is 7.41. The van der Waals surface area contributed by atoms with Crippen LogP contribution in [0.4, 0.5) is 10.5 Å². The molecule has 0 unspecified atom stereocenters. The van der Waals surface area contributed by atoms with Crippen molar-refractivity contribution in [1.82, 2.24) is 14.8 Å². The van der Waals surface area contributed by atoms with Crippen LogP contribution in [0.25, 0.3) is 5.00 Å². The van der Waals surface area contributed by atoms with E-state index in [1.807, 2.05) is 48.6 Å². The fraction of sp³-hybridized carbons (Fsp3) is 0.375. The molecule has 2 aromatic heterocycles. The molecule has 0 fully saturated rings. The Hall–Kier alpha value is -2.77. The van der Waals surface area contributed by atoms with E-state index >= 15 is 0 Å². The molecular formula is C24H30N4O2S. The van der Waals surface area contributed by atoms with Crippen molar-refractivity contribution in [1.29, 1.82) is 0 Å². The van der Waals surface area contributed by atoms with E-state index in [-0.39, 0.29) is 12.1 Å². The minimum atomic E-state index is -0.220. The summed E-state index contributed by atoms with van der Waals surface area (Å²) in [5.41, 5.74) is 4.38. The lowest BCUT2D eigenvalue weighted by Crippen LogP contribution is -2.34. The Morgan fingerprint density at radius 3 is 2.77 bits per heavy atom. The highest BCUT2D eigenvalue weighted by Crippen LogP contribution is 2.40. The number of likely N-dealkylation sites (N-methyl/N-ethyl adjacent to an activating group) is 1. The van der Waals surface area contributed by atoms with Crippen molar-refractivity contribution >= 4 is 23.1 Å². The number of nitrogens with zero attached hydrogens (tertiary/aromatic N) is 2. The molecule has 1 aromatic carbocycles. The summed E-state index contributed by atoms with van der Waals surface area (Å²) < 4.78 is 7.58. The molecule has 164 valence electrons. The number of thiophene rings is 1. The molecule has 1 aliphatic heterocycles. The zero-order valence-corrected chi connectivity index (χ0v) is 19.4. The Morgan fingerprint density at radius 2 is 2.06 bits per heavy atom. The molecule has 3 heterocycles. The zero-order chi connectivity index (χ0) is 22.0. The third-order valence-electron chi connectivity index (χ3n) is 5.77. The molecule has 7 heteroatoms. The molecule has 4 rings (SSSR count). The molecule has 0 saturated heterocycles. The molecule has 0 bridgehead atoms. The van der Waals surface area contributed by atoms with Gasteiger partial charge in [0.2, 0.25) is 0 Å². The van der Waals surface area contributed by atoms with Crippen LogP contribution < -0.4 is 15.4 Å². The van der Waals surface area contributed by atoms with Gasteiger partial charge in [-0.05, 0) is 62.2 Å². The lowest BCUT2D eigenvalue weighted by atomic mass is 9.96. The van der Waals surface area contributed by atoms with Crippen LogP contribution >= 0.6 is 11.3 Å². The number of rotatable bonds is 6. The van der Waals surface area contributed by atoms with Gasteiger partial charge in [0.1, 0.15) is 10.8 Å². The first kappa shape index (κ1) is 21.5. The normalized spacial score (nSPS) is 14.7. The Bertz CT molecular complexity index is 1060. The number of fused-ring (bicyclic) bond motifs is 1. The SMILES string of the molecule is CC[C@H](NC(=O)Nc1cc(C)ccc1OC)c1c(-n2cccc2)sc2c1CCN(C)C2. The number of carbonyl (C=O) groups excluding carboxylic acids is 1. The number of benzene rings is 1. The summed E-state index contributed by atoms with van der Waals surface area (Å²) in [7, 11) is 3.77. The van der Waals surface area contributed by atoms with Gasteiger partial charge in [-0.15, -0.1) is 11.3 Å². The maximum Gasteiger partial charge on any atom is 0.319 e. The number of carbonyl (C=O) groups is 1. The van der Waals surface area contributed by atoms with E-state index in [1.54, 1.807) is 7.11 Å². The van der Waals surface area contributed by atoms with Crippen molar-refractivity contribution < 1.29 is 9.53 Å². The number of anilines is 1. The van der Waals surface area contributed by atoms with Gasteiger partial charge in [-0.1, -0.05) is 13.0 Å². The van der Waals surface area contributed by atoms with Crippen molar-refractivity contribution in [3.05, 3.63) is 64.3 Å². The molecular weight excluding hydrogens is 408 g/mol. The lowest BCUT2D eigenvalue weighted by Gasteiger charge is -2.25. The highest BCUT2D eigenvalue weighted by Gasteiger charge is 2.28. The molecule has 0 radical (unpaired) electrons. The topological polar surface area (TPSA) is 58.5 Å². The van der Waals surface area contributed by atoms with Gasteiger partial charge in [-0.2, -0.15) is 0 Å². The maximum absolute atomic E-state index is 13.0. The molecule has 0 aliphatic carbocycles. The van der Waals surface area contributed by atoms with Gasteiger partial charge in [0.25, 0.3) is 0 Å². The van der Waals surface area contributed by atoms with E-state index in [9.17, 15) is 4.79 Å². The minimum Gasteiger partial charge on any atom is -0.495 e. The van der Waals surface area contributed by atoms with Crippen molar-refractivity contribution in [3.63, 3.8) is 0 Å². The third-order valence-corrected chi connectivity index (χ3v) is 7.02. The van der Waals surface area contributed by atoms with Crippen LogP contribution in [0, 0.1) is 6.92 Å². The maximum atomic E-state index is 13.0. The first-order valence-corrected chi connectivity index (χ1v) is 11.5. The standard InChI is InChI=1S/C24H30N4O2S/c1-5-18(25-24(29)26-19-14-16(2)8-9-20(19)30-4)22-17-10-13-27(3)15-21(17)31-23(22)28-11-6-7-12-28/h6-9,11-12,14,18H,5,10,13,15H2,1-4H3,(H2,25,26,29)/t18-/m0/s1. The zero-order valence-electron chi connectivity index (χ0n) is 18.6. The second kappa shape index (κ2) is 9.16. The number of hydrogen-bond donors (Lipinski definition) is 2. The summed E-state index contributed by atoms with van der Waals surface area (Å²) in [6.07, 6.45) is 5.97. The average Bonchev–Trinajstić information content (AvgIpc) is 3.39. The molecule has 2 amide bonds. The number of amides is 2. The van der Waals surface area contributed by atoms with Crippen LogP contribution in [0.2, 0.25) is 0 Å². The third kappa shape index (κ3) is 4.48. The minimum absolute atomic E-state index is 0.0726. The van der Waals surface area contributed by atoms with E-state index < -0.39 is 0 Å². The van der Waals surface area contributed by atoms with E-state index in [4.69, 9.17) is 4.74 Å². The molecule has 3 aromatic rings. The van der Waals surface area contributed by atoms with Gasteiger partial charge in [0, 0.05) is 35.9 Å². The van der Waals surface area contributed by atoms with Gasteiger partial charge in [0.15, 0.2) is 0 Å². The molecule has 0 saturated carbocycles. The second-order valence-electron chi connectivity index (χ2n) is 8.06. The van der Waals surface area contributed by atoms with Gasteiger partial charge < -0.3 is 24.8 Å². The summed E-state index contributed by atoms with van der Waals surface area (Å²) in [6.45, 7) is 6.11. The molecule has 6 nitrogen and oxygen atoms in total. The Labute approximate surface area is 187 Å². The molecule has 1 atom stereocenters. The highest BCUT2D eigenvalue weighted by molar-refractivity contribution is 7.15. The number of methoxy groups -OCH3 is 1. The fourth-order valence-corrected chi connectivity index (χ4v) is 5.63. The number of nitrogens with one attached hydrogen (secondary N) is 2. The van der Waals surface area contributed by atoms with Crippen LogP contribution in [-0.2, 0) is 13.0 Å². The van der Waals surface area contributed by atoms with Crippen LogP contribution in [0.5, 0.6) is 5.75 Å². The molecule has 31 heavy (non-hydrogen) atoms. The molecule has 1 aliphatic rings. The van der Waals surface area contributed by atoms with Crippen LogP contribution in [0.1, 0.15) is 41.0 Å². The van der Waals surface area contributed by atoms with Crippen molar-refractivity contribution in [2.45, 2.75) is 39.3 Å². The van der Waals surface area contributed by atoms with Crippen LogP contribution in [0.15, 0.2) is 42.7 Å². The van der Waals surface area contributed by atoms with E-state index in [1.165, 1.54) is 21.0 Å². The Morgan fingerprint density at radius 1 is 1.29 bits per heavy atom. The second-order valence-corrected chi connectivity index (χ2v) is 9.15. The number of urea groups is 1. The van der Waals surface area contributed by atoms with E-state index in [2.05, 4.69) is 46.5 Å². The van der Waals surface area contributed by atoms with Gasteiger partial charge in [0.05, 0.1) is 18.8 Å². The van der Waals surface area contributed by atoms with E-state index in [0.717, 1.165) is 31.5 Å². The smallest absolute Gasteiger partial charge is 0.319 e. The largest absolute Gasteiger partial charge is 0.495 e.